The first kappa shape index (κ1) is 20.4. The van der Waals surface area contributed by atoms with Crippen molar-refractivity contribution in [2.45, 2.75) is 44.6 Å². The number of amides is 1. The Labute approximate surface area is 188 Å². The van der Waals surface area contributed by atoms with Crippen LogP contribution in [0.3, 0.4) is 0 Å². The molecule has 2 aliphatic rings. The number of hydrogen-bond acceptors (Lipinski definition) is 3. The third-order valence-corrected chi connectivity index (χ3v) is 6.70. The van der Waals surface area contributed by atoms with E-state index in [-0.39, 0.29) is 11.3 Å². The first-order chi connectivity index (χ1) is 15.3. The molecule has 0 bridgehead atoms. The predicted molar refractivity (Wildman–Crippen MR) is 123 cm³/mol. The van der Waals surface area contributed by atoms with E-state index in [4.69, 9.17) is 4.74 Å². The molecule has 1 amide bonds. The number of hydrogen-bond donors (Lipinski definition) is 0. The van der Waals surface area contributed by atoms with Crippen molar-refractivity contribution in [3.8, 4) is 17.5 Å². The number of nitrogens with zero attached hydrogens (tertiary/aromatic N) is 3. The third kappa shape index (κ3) is 3.18. The standard InChI is InChI=1S/C27H27N3O2/c1-26(2,3)21-11-10-19(17-20(21)18-28)25(31)29-15-12-27(13-16-29)24-9-6-14-30(24)22-7-4-5-8-23(22)32-27/h4-11,14,17H,12-13,15-16H2,1-3H3. The quantitative estimate of drug-likeness (QED) is 0.540. The van der Waals surface area contributed by atoms with Crippen molar-refractivity contribution in [2.75, 3.05) is 13.1 Å². The number of nitriles is 1. The van der Waals surface area contributed by atoms with Gasteiger partial charge in [0.25, 0.3) is 5.91 Å². The van der Waals surface area contributed by atoms with E-state index in [1.165, 1.54) is 0 Å². The van der Waals surface area contributed by atoms with Crippen molar-refractivity contribution in [1.82, 2.24) is 9.47 Å². The Morgan fingerprint density at radius 1 is 1.06 bits per heavy atom. The van der Waals surface area contributed by atoms with Crippen LogP contribution >= 0.6 is 0 Å². The van der Waals surface area contributed by atoms with E-state index in [0.29, 0.717) is 24.2 Å². The highest BCUT2D eigenvalue weighted by molar-refractivity contribution is 5.94. The predicted octanol–water partition coefficient (Wildman–Crippen LogP) is 5.17. The summed E-state index contributed by atoms with van der Waals surface area (Å²) in [6, 6.07) is 20.1. The zero-order valence-corrected chi connectivity index (χ0v) is 18.8. The molecule has 0 aliphatic carbocycles. The molecule has 2 aliphatic heterocycles. The molecule has 0 atom stereocenters. The lowest BCUT2D eigenvalue weighted by molar-refractivity contribution is -0.00931. The maximum Gasteiger partial charge on any atom is 0.253 e. The second-order valence-corrected chi connectivity index (χ2v) is 9.74. The second-order valence-electron chi connectivity index (χ2n) is 9.74. The van der Waals surface area contributed by atoms with Crippen LogP contribution in [0.25, 0.3) is 5.69 Å². The fourth-order valence-corrected chi connectivity index (χ4v) is 5.00. The van der Waals surface area contributed by atoms with Gasteiger partial charge >= 0.3 is 0 Å². The number of carbonyl (C=O) groups is 1. The Kier molecular flexibility index (Phi) is 4.63. The van der Waals surface area contributed by atoms with Crippen LogP contribution in [0.4, 0.5) is 0 Å². The van der Waals surface area contributed by atoms with E-state index >= 15 is 0 Å². The largest absolute Gasteiger partial charge is 0.479 e. The number of rotatable bonds is 1. The maximum absolute atomic E-state index is 13.3. The summed E-state index contributed by atoms with van der Waals surface area (Å²) in [5, 5.41) is 9.62. The van der Waals surface area contributed by atoms with Gasteiger partial charge in [-0.15, -0.1) is 0 Å². The minimum absolute atomic E-state index is 0.0246. The van der Waals surface area contributed by atoms with E-state index in [2.05, 4.69) is 55.8 Å². The molecule has 0 radical (unpaired) electrons. The molecular weight excluding hydrogens is 398 g/mol. The van der Waals surface area contributed by atoms with Gasteiger partial charge < -0.3 is 14.2 Å². The fraction of sp³-hybridized carbons (Fsp3) is 0.333. The van der Waals surface area contributed by atoms with Crippen molar-refractivity contribution in [3.05, 3.63) is 83.2 Å². The Morgan fingerprint density at radius 3 is 2.53 bits per heavy atom. The van der Waals surface area contributed by atoms with Gasteiger partial charge in [0.1, 0.15) is 5.75 Å². The zero-order valence-electron chi connectivity index (χ0n) is 18.8. The highest BCUT2D eigenvalue weighted by atomic mass is 16.5. The number of benzene rings is 2. The van der Waals surface area contributed by atoms with Crippen LogP contribution in [0.15, 0.2) is 60.8 Å². The minimum atomic E-state index is -0.428. The van der Waals surface area contributed by atoms with Gasteiger partial charge in [-0.05, 0) is 47.4 Å². The van der Waals surface area contributed by atoms with Crippen LogP contribution in [-0.2, 0) is 11.0 Å². The summed E-state index contributed by atoms with van der Waals surface area (Å²) in [4.78, 5) is 15.1. The molecule has 1 spiro atoms. The molecule has 162 valence electrons. The Bertz CT molecular complexity index is 1230. The van der Waals surface area contributed by atoms with Gasteiger partial charge in [-0.3, -0.25) is 4.79 Å². The van der Waals surface area contributed by atoms with Gasteiger partial charge in [0.15, 0.2) is 5.60 Å². The summed E-state index contributed by atoms with van der Waals surface area (Å²) in [7, 11) is 0. The van der Waals surface area contributed by atoms with Crippen molar-refractivity contribution >= 4 is 5.91 Å². The summed E-state index contributed by atoms with van der Waals surface area (Å²) in [6.45, 7) is 7.44. The summed E-state index contributed by atoms with van der Waals surface area (Å²) < 4.78 is 8.78. The van der Waals surface area contributed by atoms with Gasteiger partial charge in [0.2, 0.25) is 0 Å². The normalized spacial score (nSPS) is 16.6. The zero-order chi connectivity index (χ0) is 22.5. The Hall–Kier alpha value is -3.52. The molecular formula is C27H27N3O2. The Balaban J connectivity index is 1.38. The first-order valence-electron chi connectivity index (χ1n) is 11.1. The van der Waals surface area contributed by atoms with Gasteiger partial charge in [-0.2, -0.15) is 5.26 Å². The number of likely N-dealkylation sites (tertiary alicyclic amines) is 1. The van der Waals surface area contributed by atoms with E-state index in [1.807, 2.05) is 35.2 Å². The highest BCUT2D eigenvalue weighted by Gasteiger charge is 2.44. The number of fused-ring (bicyclic) bond motifs is 4. The van der Waals surface area contributed by atoms with E-state index in [0.717, 1.165) is 35.5 Å². The summed E-state index contributed by atoms with van der Waals surface area (Å²) >= 11 is 0. The molecule has 0 N–H and O–H groups in total. The molecule has 2 aromatic carbocycles. The number of carbonyl (C=O) groups excluding carboxylic acids is 1. The summed E-state index contributed by atoms with van der Waals surface area (Å²) in [5.41, 5.74) is 3.73. The third-order valence-electron chi connectivity index (χ3n) is 6.70. The molecule has 1 fully saturated rings. The summed E-state index contributed by atoms with van der Waals surface area (Å²) in [6.07, 6.45) is 3.53. The summed E-state index contributed by atoms with van der Waals surface area (Å²) in [5.74, 6) is 0.857. The SMILES string of the molecule is CC(C)(C)c1ccc(C(=O)N2CCC3(CC2)Oc2ccccc2-n2cccc23)cc1C#N. The van der Waals surface area contributed by atoms with Gasteiger partial charge in [-0.25, -0.2) is 0 Å². The average molecular weight is 426 g/mol. The van der Waals surface area contributed by atoms with E-state index in [1.54, 1.807) is 6.07 Å². The molecule has 3 aromatic rings. The number of ether oxygens (including phenoxy) is 1. The maximum atomic E-state index is 13.3. The van der Waals surface area contributed by atoms with Crippen molar-refractivity contribution in [2.24, 2.45) is 0 Å². The second kappa shape index (κ2) is 7.27. The van der Waals surface area contributed by atoms with Gasteiger partial charge in [0.05, 0.1) is 23.0 Å². The minimum Gasteiger partial charge on any atom is -0.479 e. The average Bonchev–Trinajstić information content (AvgIpc) is 3.30. The molecule has 1 aromatic heterocycles. The van der Waals surface area contributed by atoms with Crippen molar-refractivity contribution in [1.29, 1.82) is 5.26 Å². The molecule has 5 rings (SSSR count). The van der Waals surface area contributed by atoms with E-state index < -0.39 is 5.60 Å². The van der Waals surface area contributed by atoms with Crippen LogP contribution in [0.2, 0.25) is 0 Å². The van der Waals surface area contributed by atoms with E-state index in [9.17, 15) is 10.1 Å². The van der Waals surface area contributed by atoms with Gasteiger partial charge in [-0.1, -0.05) is 39.0 Å². The Morgan fingerprint density at radius 2 is 1.81 bits per heavy atom. The molecule has 3 heterocycles. The van der Waals surface area contributed by atoms with Crippen molar-refractivity contribution < 1.29 is 9.53 Å². The molecule has 5 nitrogen and oxygen atoms in total. The smallest absolute Gasteiger partial charge is 0.253 e. The highest BCUT2D eigenvalue weighted by Crippen LogP contribution is 2.45. The molecule has 32 heavy (non-hydrogen) atoms. The number of para-hydroxylation sites is 2. The lowest BCUT2D eigenvalue weighted by Gasteiger charge is -2.45. The van der Waals surface area contributed by atoms with Crippen LogP contribution in [-0.4, -0.2) is 28.5 Å². The monoisotopic (exact) mass is 425 g/mol. The van der Waals surface area contributed by atoms with Crippen LogP contribution in [0.5, 0.6) is 5.75 Å². The topological polar surface area (TPSA) is 58.3 Å². The lowest BCUT2D eigenvalue weighted by atomic mass is 9.83. The molecule has 5 heteroatoms. The fourth-order valence-electron chi connectivity index (χ4n) is 5.00. The lowest BCUT2D eigenvalue weighted by Crippen LogP contribution is -2.50. The first-order valence-corrected chi connectivity index (χ1v) is 11.1. The number of piperidine rings is 1. The van der Waals surface area contributed by atoms with Crippen LogP contribution in [0.1, 0.15) is 60.8 Å². The number of aromatic nitrogens is 1. The van der Waals surface area contributed by atoms with Crippen LogP contribution < -0.4 is 4.74 Å². The van der Waals surface area contributed by atoms with Crippen LogP contribution in [0, 0.1) is 11.3 Å². The van der Waals surface area contributed by atoms with Gasteiger partial charge in [0, 0.05) is 37.7 Å². The molecule has 0 unspecified atom stereocenters. The molecule has 0 saturated carbocycles. The van der Waals surface area contributed by atoms with Crippen molar-refractivity contribution in [3.63, 3.8) is 0 Å². The molecule has 1 saturated heterocycles.